The molecule has 0 aliphatic carbocycles. The first-order chi connectivity index (χ1) is 18.0. The first-order valence-corrected chi connectivity index (χ1v) is 14.1. The molecule has 1 fully saturated rings. The third kappa shape index (κ3) is 11.5. The smallest absolute Gasteiger partial charge is 0.351 e. The molecule has 10 nitrogen and oxygen atoms in total. The predicted octanol–water partition coefficient (Wildman–Crippen LogP) is 3.99. The largest absolute Gasteiger partial charge is 0.394 e. The molecular weight excluding hydrogens is 478 g/mol. The third-order valence-corrected chi connectivity index (χ3v) is 6.88. The van der Waals surface area contributed by atoms with E-state index in [1.54, 1.807) is 0 Å². The summed E-state index contributed by atoms with van der Waals surface area (Å²) in [5, 5.41) is 29.1. The van der Waals surface area contributed by atoms with Crippen molar-refractivity contribution < 1.29 is 29.7 Å². The monoisotopic (exact) mass is 525 g/mol. The maximum Gasteiger partial charge on any atom is 0.351 e. The lowest BCUT2D eigenvalue weighted by molar-refractivity contribution is -0.140. The van der Waals surface area contributed by atoms with Gasteiger partial charge in [0.25, 0.3) is 0 Å². The van der Waals surface area contributed by atoms with Crippen LogP contribution in [0.5, 0.6) is 0 Å². The zero-order valence-electron chi connectivity index (χ0n) is 22.4. The van der Waals surface area contributed by atoms with Crippen molar-refractivity contribution in [1.29, 1.82) is 0 Å². The summed E-state index contributed by atoms with van der Waals surface area (Å²) in [5.41, 5.74) is 1.61. The molecule has 0 bridgehead atoms. The van der Waals surface area contributed by atoms with E-state index in [-0.39, 0.29) is 12.2 Å². The number of hydrogen-bond donors (Lipinski definition) is 4. The Morgan fingerprint density at radius 2 is 1.49 bits per heavy atom. The van der Waals surface area contributed by atoms with Gasteiger partial charge in [-0.1, -0.05) is 96.8 Å². The van der Waals surface area contributed by atoms with Crippen LogP contribution in [0.3, 0.4) is 0 Å². The van der Waals surface area contributed by atoms with Gasteiger partial charge in [-0.3, -0.25) is 4.57 Å². The number of rotatable bonds is 20. The lowest BCUT2D eigenvalue weighted by atomic mass is 10.0. The van der Waals surface area contributed by atoms with E-state index in [1.807, 2.05) is 0 Å². The van der Waals surface area contributed by atoms with E-state index in [4.69, 9.17) is 9.57 Å². The zero-order chi connectivity index (χ0) is 26.9. The van der Waals surface area contributed by atoms with Gasteiger partial charge in [0.1, 0.15) is 18.3 Å². The first kappa shape index (κ1) is 31.2. The topological polar surface area (TPSA) is 143 Å². The van der Waals surface area contributed by atoms with E-state index in [1.165, 1.54) is 89.3 Å². The zero-order valence-corrected chi connectivity index (χ0v) is 22.4. The van der Waals surface area contributed by atoms with Gasteiger partial charge in [0.2, 0.25) is 0 Å². The molecule has 4 N–H and O–H groups in total. The minimum Gasteiger partial charge on any atom is -0.394 e. The number of carbonyl (C=O) groups excluding carboxylic acids is 1. The van der Waals surface area contributed by atoms with E-state index in [2.05, 4.69) is 17.4 Å². The van der Waals surface area contributed by atoms with Crippen LogP contribution in [0.15, 0.2) is 17.1 Å². The fraction of sp³-hybridized carbons (Fsp3) is 0.815. The Kier molecular flexibility index (Phi) is 15.4. The molecule has 212 valence electrons. The molecule has 1 saturated heterocycles. The Hall–Kier alpha value is -2.01. The number of aliphatic hydroxyl groups is 3. The number of anilines is 1. The molecule has 2 rings (SSSR count). The minimum absolute atomic E-state index is 0.0397. The second-order valence-corrected chi connectivity index (χ2v) is 10.0. The maximum atomic E-state index is 12.3. The molecule has 37 heavy (non-hydrogen) atoms. The molecular formula is C27H47N3O7. The van der Waals surface area contributed by atoms with Crippen molar-refractivity contribution in [2.45, 2.75) is 134 Å². The molecule has 10 heteroatoms. The summed E-state index contributed by atoms with van der Waals surface area (Å²) in [7, 11) is 0. The highest BCUT2D eigenvalue weighted by atomic mass is 16.7. The normalized spacial score (nSPS) is 21.3. The second kappa shape index (κ2) is 18.3. The van der Waals surface area contributed by atoms with Gasteiger partial charge in [-0.15, -0.1) is 0 Å². The molecule has 0 saturated carbocycles. The highest BCUT2D eigenvalue weighted by Gasteiger charge is 2.43. The van der Waals surface area contributed by atoms with Gasteiger partial charge in [0.15, 0.2) is 12.0 Å². The van der Waals surface area contributed by atoms with Crippen LogP contribution in [-0.2, 0) is 14.4 Å². The van der Waals surface area contributed by atoms with Crippen LogP contribution in [0.2, 0.25) is 0 Å². The molecule has 0 spiro atoms. The Morgan fingerprint density at radius 3 is 1.97 bits per heavy atom. The summed E-state index contributed by atoms with van der Waals surface area (Å²) in [6, 6.07) is 1.39. The Morgan fingerprint density at radius 1 is 0.946 bits per heavy atom. The highest BCUT2D eigenvalue weighted by Crippen LogP contribution is 2.28. The summed E-state index contributed by atoms with van der Waals surface area (Å²) in [4.78, 5) is 33.0. The average Bonchev–Trinajstić information content (AvgIpc) is 3.18. The lowest BCUT2D eigenvalue weighted by Gasteiger charge is -2.17. The van der Waals surface area contributed by atoms with Crippen molar-refractivity contribution in [3.8, 4) is 0 Å². The second-order valence-electron chi connectivity index (χ2n) is 10.0. The van der Waals surface area contributed by atoms with E-state index in [0.29, 0.717) is 0 Å². The fourth-order valence-electron chi connectivity index (χ4n) is 4.57. The number of aromatic nitrogens is 2. The Labute approximate surface area is 220 Å². The van der Waals surface area contributed by atoms with Gasteiger partial charge in [-0.25, -0.2) is 15.1 Å². The van der Waals surface area contributed by atoms with Crippen LogP contribution in [-0.4, -0.2) is 55.8 Å². The lowest BCUT2D eigenvalue weighted by Crippen LogP contribution is -2.36. The van der Waals surface area contributed by atoms with E-state index in [9.17, 15) is 24.9 Å². The number of ether oxygens (including phenoxy) is 1. The van der Waals surface area contributed by atoms with Crippen molar-refractivity contribution in [2.75, 3.05) is 12.1 Å². The quantitative estimate of drug-likeness (QED) is 0.147. The van der Waals surface area contributed by atoms with Gasteiger partial charge in [-0.2, -0.15) is 4.98 Å². The molecule has 0 radical (unpaired) electrons. The third-order valence-electron chi connectivity index (χ3n) is 6.88. The molecule has 0 aromatic carbocycles. The highest BCUT2D eigenvalue weighted by molar-refractivity contribution is 5.70. The predicted molar refractivity (Wildman–Crippen MR) is 141 cm³/mol. The van der Waals surface area contributed by atoms with E-state index in [0.717, 1.165) is 23.8 Å². The van der Waals surface area contributed by atoms with Crippen molar-refractivity contribution in [2.24, 2.45) is 0 Å². The molecule has 4 atom stereocenters. The molecule has 1 aliphatic rings. The van der Waals surface area contributed by atoms with Gasteiger partial charge in [0.05, 0.1) is 6.61 Å². The van der Waals surface area contributed by atoms with Gasteiger partial charge in [0, 0.05) is 18.7 Å². The van der Waals surface area contributed by atoms with Crippen LogP contribution >= 0.6 is 0 Å². The van der Waals surface area contributed by atoms with Gasteiger partial charge >= 0.3 is 11.7 Å². The average molecular weight is 526 g/mol. The van der Waals surface area contributed by atoms with Gasteiger partial charge < -0.3 is 24.9 Å². The summed E-state index contributed by atoms with van der Waals surface area (Å²) >= 11 is 0. The molecule has 0 amide bonds. The number of aliphatic hydroxyl groups excluding tert-OH is 3. The Balaban J connectivity index is 1.49. The standard InChI is InChI=1S/C27H47N3O7/c1-2-3-4-5-6-7-8-9-10-11-12-13-14-15-16-17-23(32)37-29-22-18-19-30(27(35)28-22)26-25(34)24(33)21(20-31)36-26/h18-19,21,24-26,31,33-34H,2-17,20H2,1H3,(H,28,29,35)/t21-,24-,25-,26-/m1/s1. The van der Waals surface area contributed by atoms with Crippen LogP contribution in [0.4, 0.5) is 5.82 Å². The van der Waals surface area contributed by atoms with E-state index < -0.39 is 42.8 Å². The summed E-state index contributed by atoms with van der Waals surface area (Å²) in [5.74, 6) is -0.387. The molecule has 2 heterocycles. The number of unbranched alkanes of at least 4 members (excludes halogenated alkanes) is 14. The summed E-state index contributed by atoms with van der Waals surface area (Å²) in [6.07, 6.45) is 15.6. The van der Waals surface area contributed by atoms with Gasteiger partial charge in [-0.05, 0) is 6.42 Å². The fourth-order valence-corrected chi connectivity index (χ4v) is 4.57. The van der Waals surface area contributed by atoms with Crippen LogP contribution in [0.1, 0.15) is 116 Å². The number of nitrogens with zero attached hydrogens (tertiary/aromatic N) is 2. The summed E-state index contributed by atoms with van der Waals surface area (Å²) < 4.78 is 6.33. The van der Waals surface area contributed by atoms with Crippen molar-refractivity contribution in [3.63, 3.8) is 0 Å². The first-order valence-electron chi connectivity index (χ1n) is 14.1. The van der Waals surface area contributed by atoms with Crippen molar-refractivity contribution in [1.82, 2.24) is 9.55 Å². The minimum atomic E-state index is -1.39. The van der Waals surface area contributed by atoms with E-state index >= 15 is 0 Å². The van der Waals surface area contributed by atoms with Crippen LogP contribution < -0.4 is 11.2 Å². The number of hydrogen-bond acceptors (Lipinski definition) is 9. The molecule has 1 aliphatic heterocycles. The van der Waals surface area contributed by atoms with Crippen LogP contribution in [0.25, 0.3) is 0 Å². The molecule has 1 aromatic rings. The van der Waals surface area contributed by atoms with Crippen LogP contribution in [0, 0.1) is 0 Å². The maximum absolute atomic E-state index is 12.3. The number of nitrogens with one attached hydrogen (secondary N) is 1. The Bertz CT molecular complexity index is 819. The summed E-state index contributed by atoms with van der Waals surface area (Å²) in [6.45, 7) is 1.76. The number of carbonyl (C=O) groups is 1. The van der Waals surface area contributed by atoms with Crippen molar-refractivity contribution in [3.05, 3.63) is 22.7 Å². The SMILES string of the molecule is CCCCCCCCCCCCCCCCCC(=O)ONc1ccn([C@@H]2O[C@H](CO)[C@@H](O)[C@H]2O)c(=O)n1. The van der Waals surface area contributed by atoms with Crippen molar-refractivity contribution >= 4 is 11.8 Å². The molecule has 1 aromatic heterocycles. The molecule has 0 unspecified atom stereocenters.